The fourth-order valence-corrected chi connectivity index (χ4v) is 5.50. The van der Waals surface area contributed by atoms with Crippen LogP contribution in [0.1, 0.15) is 46.0 Å². The first kappa shape index (κ1) is 26.6. The van der Waals surface area contributed by atoms with Gasteiger partial charge in [-0.1, -0.05) is 30.5 Å². The maximum atomic E-state index is 14.9. The molecule has 7 nitrogen and oxygen atoms in total. The van der Waals surface area contributed by atoms with Crippen LogP contribution in [0.3, 0.4) is 0 Å². The van der Waals surface area contributed by atoms with Gasteiger partial charge in [-0.3, -0.25) is 4.72 Å². The summed E-state index contributed by atoms with van der Waals surface area (Å²) in [6, 6.07) is 5.85. The summed E-state index contributed by atoms with van der Waals surface area (Å²) in [6.07, 6.45) is 4.47. The van der Waals surface area contributed by atoms with Crippen LogP contribution in [0.4, 0.5) is 20.3 Å². The Hall–Kier alpha value is -2.01. The van der Waals surface area contributed by atoms with Gasteiger partial charge < -0.3 is 15.3 Å². The lowest BCUT2D eigenvalue weighted by atomic mass is 9.88. The summed E-state index contributed by atoms with van der Waals surface area (Å²) in [4.78, 5) is 4.97. The number of halogens is 3. The Balaban J connectivity index is 1.78. The van der Waals surface area contributed by atoms with Gasteiger partial charge in [0, 0.05) is 18.6 Å². The van der Waals surface area contributed by atoms with E-state index in [1.807, 2.05) is 7.05 Å². The number of likely N-dealkylation sites (N-methyl/N-ethyl adjacent to an activating group) is 1. The summed E-state index contributed by atoms with van der Waals surface area (Å²) in [7, 11) is -2.38. The van der Waals surface area contributed by atoms with Crippen molar-refractivity contribution in [2.45, 2.75) is 68.5 Å². The van der Waals surface area contributed by atoms with E-state index in [9.17, 15) is 22.3 Å². The van der Waals surface area contributed by atoms with Crippen LogP contribution >= 0.6 is 11.6 Å². The Morgan fingerprint density at radius 2 is 1.94 bits per heavy atom. The normalized spacial score (nSPS) is 19.3. The summed E-state index contributed by atoms with van der Waals surface area (Å²) < 4.78 is 55.6. The molecule has 1 aromatic carbocycles. The predicted molar refractivity (Wildman–Crippen MR) is 130 cm³/mol. The van der Waals surface area contributed by atoms with E-state index in [0.717, 1.165) is 43.9 Å². The van der Waals surface area contributed by atoms with Crippen LogP contribution in [0.25, 0.3) is 0 Å². The highest BCUT2D eigenvalue weighted by atomic mass is 35.5. The molecule has 0 unspecified atom stereocenters. The number of rotatable bonds is 9. The molecule has 3 N–H and O–H groups in total. The number of aromatic nitrogens is 1. The molecule has 1 aliphatic rings. The van der Waals surface area contributed by atoms with Crippen LogP contribution in [-0.2, 0) is 10.0 Å². The summed E-state index contributed by atoms with van der Waals surface area (Å²) in [5.41, 5.74) is -0.468. The lowest BCUT2D eigenvalue weighted by Crippen LogP contribution is -2.48. The largest absolute Gasteiger partial charge is 0.390 e. The van der Waals surface area contributed by atoms with Crippen molar-refractivity contribution in [1.82, 2.24) is 9.88 Å². The Morgan fingerprint density at radius 1 is 1.24 bits per heavy atom. The van der Waals surface area contributed by atoms with Gasteiger partial charge in [0.05, 0.1) is 16.3 Å². The number of aliphatic hydroxyl groups is 1. The molecular weight excluding hydrogens is 486 g/mol. The van der Waals surface area contributed by atoms with Crippen molar-refractivity contribution in [2.24, 2.45) is 0 Å². The van der Waals surface area contributed by atoms with Gasteiger partial charge in [-0.05, 0) is 64.4 Å². The van der Waals surface area contributed by atoms with Crippen LogP contribution in [0.2, 0.25) is 5.02 Å². The highest BCUT2D eigenvalue weighted by Gasteiger charge is 2.30. The van der Waals surface area contributed by atoms with E-state index in [-0.39, 0.29) is 22.9 Å². The molecule has 1 aromatic heterocycles. The van der Waals surface area contributed by atoms with Crippen molar-refractivity contribution in [1.29, 1.82) is 0 Å². The predicted octanol–water partition coefficient (Wildman–Crippen LogP) is 4.63. The van der Waals surface area contributed by atoms with E-state index in [2.05, 4.69) is 19.9 Å². The van der Waals surface area contributed by atoms with Crippen LogP contribution in [0, 0.1) is 11.8 Å². The highest BCUT2D eigenvalue weighted by molar-refractivity contribution is 7.92. The van der Waals surface area contributed by atoms with Gasteiger partial charge in [-0.25, -0.2) is 17.8 Å². The van der Waals surface area contributed by atoms with Crippen molar-refractivity contribution in [3.8, 4) is 0 Å². The Labute approximate surface area is 204 Å². The quantitative estimate of drug-likeness (QED) is 0.421. The summed E-state index contributed by atoms with van der Waals surface area (Å²) >= 11 is 6.36. The van der Waals surface area contributed by atoms with Crippen molar-refractivity contribution < 1.29 is 22.3 Å². The van der Waals surface area contributed by atoms with Crippen LogP contribution < -0.4 is 10.0 Å². The average Bonchev–Trinajstić information content (AvgIpc) is 2.74. The van der Waals surface area contributed by atoms with Crippen LogP contribution in [-0.4, -0.2) is 54.7 Å². The molecule has 11 heteroatoms. The van der Waals surface area contributed by atoms with E-state index in [4.69, 9.17) is 11.6 Å². The Morgan fingerprint density at radius 3 is 2.62 bits per heavy atom. The number of anilines is 2. The molecule has 188 valence electrons. The lowest BCUT2D eigenvalue weighted by Gasteiger charge is -2.39. The molecule has 0 aliphatic heterocycles. The third kappa shape index (κ3) is 7.00. The van der Waals surface area contributed by atoms with Gasteiger partial charge in [0.25, 0.3) is 10.0 Å². The Kier molecular flexibility index (Phi) is 8.38. The van der Waals surface area contributed by atoms with E-state index in [1.54, 1.807) is 13.8 Å². The molecule has 1 heterocycles. The van der Waals surface area contributed by atoms with Crippen molar-refractivity contribution in [3.63, 3.8) is 0 Å². The van der Waals surface area contributed by atoms with Crippen molar-refractivity contribution >= 4 is 33.1 Å². The standard InChI is InChI=1S/C23H31ClF2N4O3S/c1-23(2,31)11-12-30(3)19-8-5-4-7-17(19)27-18-14-16(25)20(13-15(18)24)34(32,33)29-22-10-6-9-21(26)28-22/h6,9-10,13-14,17,19,27,31H,4-5,7-8,11-12H2,1-3H3,(H,28,29)/t17-,19-/m0/s1. The molecule has 0 saturated heterocycles. The fourth-order valence-electron chi connectivity index (χ4n) is 4.13. The number of benzene rings is 1. The second kappa shape index (κ2) is 10.7. The van der Waals surface area contributed by atoms with E-state index in [1.165, 1.54) is 12.1 Å². The summed E-state index contributed by atoms with van der Waals surface area (Å²) in [5, 5.41) is 13.4. The smallest absolute Gasteiger partial charge is 0.266 e. The minimum absolute atomic E-state index is 0.0190. The first-order chi connectivity index (χ1) is 15.9. The van der Waals surface area contributed by atoms with Gasteiger partial charge in [-0.2, -0.15) is 4.39 Å². The fraction of sp³-hybridized carbons (Fsp3) is 0.522. The molecule has 1 aliphatic carbocycles. The molecule has 0 bridgehead atoms. The molecule has 1 fully saturated rings. The molecule has 3 rings (SSSR count). The number of nitrogens with one attached hydrogen (secondary N) is 2. The maximum absolute atomic E-state index is 14.9. The molecule has 34 heavy (non-hydrogen) atoms. The topological polar surface area (TPSA) is 94.6 Å². The Bertz CT molecular complexity index is 1110. The van der Waals surface area contributed by atoms with E-state index in [0.29, 0.717) is 18.7 Å². The zero-order valence-corrected chi connectivity index (χ0v) is 21.1. The number of nitrogens with zero attached hydrogens (tertiary/aromatic N) is 2. The molecule has 0 amide bonds. The summed E-state index contributed by atoms with van der Waals surface area (Å²) in [6.45, 7) is 4.25. The number of sulfonamides is 1. The summed E-state index contributed by atoms with van der Waals surface area (Å²) in [5.74, 6) is -2.12. The highest BCUT2D eigenvalue weighted by Crippen LogP contribution is 2.33. The second-order valence-corrected chi connectivity index (χ2v) is 11.4. The van der Waals surface area contributed by atoms with Crippen LogP contribution in [0.15, 0.2) is 35.2 Å². The van der Waals surface area contributed by atoms with Crippen molar-refractivity contribution in [3.05, 3.63) is 47.1 Å². The average molecular weight is 517 g/mol. The van der Waals surface area contributed by atoms with Gasteiger partial charge in [0.15, 0.2) is 0 Å². The van der Waals surface area contributed by atoms with Gasteiger partial charge >= 0.3 is 0 Å². The molecule has 0 radical (unpaired) electrons. The first-order valence-electron chi connectivity index (χ1n) is 11.2. The van der Waals surface area contributed by atoms with E-state index < -0.39 is 32.3 Å². The third-order valence-electron chi connectivity index (χ3n) is 5.98. The number of hydrogen-bond acceptors (Lipinski definition) is 6. The molecule has 1 saturated carbocycles. The van der Waals surface area contributed by atoms with Gasteiger partial charge in [-0.15, -0.1) is 0 Å². The molecular formula is C23H31ClF2N4O3S. The molecule has 2 aromatic rings. The minimum atomic E-state index is -4.38. The maximum Gasteiger partial charge on any atom is 0.266 e. The molecule has 0 spiro atoms. The SMILES string of the molecule is CN(CCC(C)(C)O)[C@H]1CCCC[C@@H]1Nc1cc(F)c(S(=O)(=O)Nc2cccc(F)n2)cc1Cl. The lowest BCUT2D eigenvalue weighted by molar-refractivity contribution is 0.0513. The minimum Gasteiger partial charge on any atom is -0.390 e. The van der Waals surface area contributed by atoms with Crippen molar-refractivity contribution in [2.75, 3.05) is 23.6 Å². The monoisotopic (exact) mass is 516 g/mol. The zero-order valence-electron chi connectivity index (χ0n) is 19.5. The second-order valence-electron chi connectivity index (χ2n) is 9.36. The first-order valence-corrected chi connectivity index (χ1v) is 13.1. The number of pyridine rings is 1. The zero-order chi connectivity index (χ0) is 25.1. The molecule has 2 atom stereocenters. The van der Waals surface area contributed by atoms with E-state index >= 15 is 0 Å². The van der Waals surface area contributed by atoms with Crippen LogP contribution in [0.5, 0.6) is 0 Å². The van der Waals surface area contributed by atoms with Gasteiger partial charge in [0.1, 0.15) is 16.5 Å². The third-order valence-corrected chi connectivity index (χ3v) is 7.66. The van der Waals surface area contributed by atoms with Gasteiger partial charge in [0.2, 0.25) is 5.95 Å². The number of hydrogen-bond donors (Lipinski definition) is 3.